The number of carbonyl (C=O) groups excluding carboxylic acids is 1. The molecule has 0 amide bonds. The molecular weight excluding hydrogens is 240 g/mol. The first-order chi connectivity index (χ1) is 9.38. The van der Waals surface area contributed by atoms with E-state index in [9.17, 15) is 4.79 Å². The molecule has 3 rings (SSSR count). The molecule has 98 valence electrons. The molecule has 1 unspecified atom stereocenters. The van der Waals surface area contributed by atoms with Gasteiger partial charge in [-0.15, -0.1) is 0 Å². The number of aldehydes is 1. The van der Waals surface area contributed by atoms with E-state index in [0.717, 1.165) is 37.0 Å². The van der Waals surface area contributed by atoms with Gasteiger partial charge in [0.15, 0.2) is 6.23 Å². The molecule has 1 aliphatic rings. The highest BCUT2D eigenvalue weighted by Crippen LogP contribution is 2.28. The molecule has 1 atom stereocenters. The molecular formula is C15H16N2O2. The average molecular weight is 256 g/mol. The van der Waals surface area contributed by atoms with Crippen molar-refractivity contribution in [2.24, 2.45) is 0 Å². The summed E-state index contributed by atoms with van der Waals surface area (Å²) in [6, 6.07) is 9.51. The van der Waals surface area contributed by atoms with Gasteiger partial charge in [-0.2, -0.15) is 5.10 Å². The summed E-state index contributed by atoms with van der Waals surface area (Å²) in [5, 5.41) is 4.38. The third-order valence-electron chi connectivity index (χ3n) is 3.42. The summed E-state index contributed by atoms with van der Waals surface area (Å²) < 4.78 is 7.69. The van der Waals surface area contributed by atoms with Crippen LogP contribution in [0.3, 0.4) is 0 Å². The summed E-state index contributed by atoms with van der Waals surface area (Å²) in [5.41, 5.74) is 2.67. The van der Waals surface area contributed by atoms with Gasteiger partial charge in [0.05, 0.1) is 5.69 Å². The van der Waals surface area contributed by atoms with Gasteiger partial charge in [-0.3, -0.25) is 4.79 Å². The van der Waals surface area contributed by atoms with Crippen LogP contribution in [0.5, 0.6) is 0 Å². The fourth-order valence-electron chi connectivity index (χ4n) is 2.46. The summed E-state index contributed by atoms with van der Waals surface area (Å²) in [7, 11) is 0. The van der Waals surface area contributed by atoms with Crippen molar-refractivity contribution < 1.29 is 9.53 Å². The van der Waals surface area contributed by atoms with Gasteiger partial charge in [0, 0.05) is 23.9 Å². The SMILES string of the molecule is O=Cc1cccc(-c2ccnn2C2CCCCO2)c1. The Morgan fingerprint density at radius 3 is 3.05 bits per heavy atom. The third kappa shape index (κ3) is 2.44. The second-order valence-corrected chi connectivity index (χ2v) is 4.73. The van der Waals surface area contributed by atoms with Crippen molar-refractivity contribution in [3.63, 3.8) is 0 Å². The highest BCUT2D eigenvalue weighted by molar-refractivity contribution is 5.78. The number of nitrogens with zero attached hydrogens (tertiary/aromatic N) is 2. The van der Waals surface area contributed by atoms with E-state index in [1.165, 1.54) is 6.42 Å². The van der Waals surface area contributed by atoms with Crippen molar-refractivity contribution in [2.45, 2.75) is 25.5 Å². The first-order valence-electron chi connectivity index (χ1n) is 6.59. The molecule has 1 fully saturated rings. The highest BCUT2D eigenvalue weighted by Gasteiger charge is 2.19. The quantitative estimate of drug-likeness (QED) is 0.793. The largest absolute Gasteiger partial charge is 0.356 e. The smallest absolute Gasteiger partial charge is 0.150 e. The van der Waals surface area contributed by atoms with Gasteiger partial charge in [0.2, 0.25) is 0 Å². The van der Waals surface area contributed by atoms with Crippen molar-refractivity contribution in [1.29, 1.82) is 0 Å². The van der Waals surface area contributed by atoms with Gasteiger partial charge in [0.25, 0.3) is 0 Å². The van der Waals surface area contributed by atoms with E-state index in [-0.39, 0.29) is 6.23 Å². The fourth-order valence-corrected chi connectivity index (χ4v) is 2.46. The second-order valence-electron chi connectivity index (χ2n) is 4.73. The lowest BCUT2D eigenvalue weighted by atomic mass is 10.1. The standard InChI is InChI=1S/C15H16N2O2/c18-11-12-4-3-5-13(10-12)14-7-8-16-17(14)15-6-1-2-9-19-15/h3-5,7-8,10-11,15H,1-2,6,9H2. The van der Waals surface area contributed by atoms with Gasteiger partial charge in [-0.1, -0.05) is 18.2 Å². The van der Waals surface area contributed by atoms with Crippen LogP contribution in [0.1, 0.15) is 35.8 Å². The Morgan fingerprint density at radius 1 is 1.32 bits per heavy atom. The molecule has 1 aliphatic heterocycles. The molecule has 2 aromatic rings. The van der Waals surface area contributed by atoms with Crippen molar-refractivity contribution in [3.05, 3.63) is 42.1 Å². The number of aromatic nitrogens is 2. The van der Waals surface area contributed by atoms with Crippen LogP contribution in [0, 0.1) is 0 Å². The predicted molar refractivity (Wildman–Crippen MR) is 71.9 cm³/mol. The molecule has 0 N–H and O–H groups in total. The van der Waals surface area contributed by atoms with Crippen LogP contribution >= 0.6 is 0 Å². The maximum Gasteiger partial charge on any atom is 0.150 e. The minimum absolute atomic E-state index is 0.0126. The second kappa shape index (κ2) is 5.36. The van der Waals surface area contributed by atoms with Gasteiger partial charge in [-0.05, 0) is 31.4 Å². The number of hydrogen-bond acceptors (Lipinski definition) is 3. The average Bonchev–Trinajstić information content (AvgIpc) is 2.98. The van der Waals surface area contributed by atoms with E-state index < -0.39 is 0 Å². The number of rotatable bonds is 3. The Bertz CT molecular complexity index is 571. The Hall–Kier alpha value is -1.94. The van der Waals surface area contributed by atoms with Crippen LogP contribution in [0.4, 0.5) is 0 Å². The maximum absolute atomic E-state index is 10.9. The Labute approximate surface area is 112 Å². The normalized spacial score (nSPS) is 19.3. The van der Waals surface area contributed by atoms with E-state index in [4.69, 9.17) is 4.74 Å². The molecule has 4 heteroatoms. The molecule has 0 aliphatic carbocycles. The van der Waals surface area contributed by atoms with Gasteiger partial charge < -0.3 is 4.74 Å². The van der Waals surface area contributed by atoms with E-state index in [1.807, 2.05) is 28.9 Å². The number of ether oxygens (including phenoxy) is 1. The molecule has 1 saturated heterocycles. The summed E-state index contributed by atoms with van der Waals surface area (Å²) in [5.74, 6) is 0. The zero-order valence-electron chi connectivity index (χ0n) is 10.7. The molecule has 19 heavy (non-hydrogen) atoms. The van der Waals surface area contributed by atoms with E-state index >= 15 is 0 Å². The van der Waals surface area contributed by atoms with Crippen LogP contribution in [0.15, 0.2) is 36.5 Å². The van der Waals surface area contributed by atoms with Crippen LogP contribution in [-0.4, -0.2) is 22.7 Å². The van der Waals surface area contributed by atoms with E-state index in [2.05, 4.69) is 5.10 Å². The van der Waals surface area contributed by atoms with Gasteiger partial charge in [0.1, 0.15) is 6.29 Å². The summed E-state index contributed by atoms with van der Waals surface area (Å²) in [4.78, 5) is 10.9. The molecule has 0 radical (unpaired) electrons. The fraction of sp³-hybridized carbons (Fsp3) is 0.333. The topological polar surface area (TPSA) is 44.1 Å². The minimum atomic E-state index is 0.0126. The monoisotopic (exact) mass is 256 g/mol. The highest BCUT2D eigenvalue weighted by atomic mass is 16.5. The Morgan fingerprint density at radius 2 is 2.26 bits per heavy atom. The van der Waals surface area contributed by atoms with Crippen molar-refractivity contribution in [1.82, 2.24) is 9.78 Å². The first kappa shape index (κ1) is 12.1. The molecule has 1 aromatic carbocycles. The first-order valence-corrected chi connectivity index (χ1v) is 6.59. The van der Waals surface area contributed by atoms with Crippen LogP contribution in [0.2, 0.25) is 0 Å². The maximum atomic E-state index is 10.9. The number of benzene rings is 1. The lowest BCUT2D eigenvalue weighted by molar-refractivity contribution is -0.0383. The minimum Gasteiger partial charge on any atom is -0.356 e. The zero-order chi connectivity index (χ0) is 13.1. The van der Waals surface area contributed by atoms with Gasteiger partial charge >= 0.3 is 0 Å². The zero-order valence-corrected chi connectivity index (χ0v) is 10.7. The third-order valence-corrected chi connectivity index (χ3v) is 3.42. The molecule has 0 spiro atoms. The molecule has 1 aromatic heterocycles. The predicted octanol–water partition coefficient (Wildman–Crippen LogP) is 3.06. The van der Waals surface area contributed by atoms with Crippen LogP contribution in [-0.2, 0) is 4.74 Å². The Kier molecular flexibility index (Phi) is 3.42. The molecule has 4 nitrogen and oxygen atoms in total. The lowest BCUT2D eigenvalue weighted by Crippen LogP contribution is -2.19. The van der Waals surface area contributed by atoms with Gasteiger partial charge in [-0.25, -0.2) is 4.68 Å². The van der Waals surface area contributed by atoms with E-state index in [0.29, 0.717) is 5.56 Å². The van der Waals surface area contributed by atoms with Crippen molar-refractivity contribution in [3.8, 4) is 11.3 Å². The van der Waals surface area contributed by atoms with Crippen LogP contribution < -0.4 is 0 Å². The van der Waals surface area contributed by atoms with Crippen molar-refractivity contribution in [2.75, 3.05) is 6.61 Å². The lowest BCUT2D eigenvalue weighted by Gasteiger charge is -2.24. The summed E-state index contributed by atoms with van der Waals surface area (Å²) in [6.45, 7) is 0.790. The number of hydrogen-bond donors (Lipinski definition) is 0. The van der Waals surface area contributed by atoms with Crippen molar-refractivity contribution >= 4 is 6.29 Å². The van der Waals surface area contributed by atoms with E-state index in [1.54, 1.807) is 12.3 Å². The summed E-state index contributed by atoms with van der Waals surface area (Å²) in [6.07, 6.45) is 5.93. The molecule has 2 heterocycles. The Balaban J connectivity index is 1.96. The summed E-state index contributed by atoms with van der Waals surface area (Å²) >= 11 is 0. The molecule has 0 bridgehead atoms. The number of carbonyl (C=O) groups is 1. The molecule has 0 saturated carbocycles. The van der Waals surface area contributed by atoms with Crippen LogP contribution in [0.25, 0.3) is 11.3 Å².